The number of carboxylic acid groups (broad SMARTS) is 1. The molecule has 5 nitrogen and oxygen atoms in total. The highest BCUT2D eigenvalue weighted by Crippen LogP contribution is 2.15. The van der Waals surface area contributed by atoms with Gasteiger partial charge in [0, 0.05) is 11.5 Å². The van der Waals surface area contributed by atoms with Crippen LogP contribution in [0.5, 0.6) is 0 Å². The van der Waals surface area contributed by atoms with Crippen molar-refractivity contribution in [1.29, 1.82) is 0 Å². The van der Waals surface area contributed by atoms with Gasteiger partial charge in [0.1, 0.15) is 0 Å². The Morgan fingerprint density at radius 2 is 2.38 bits per heavy atom. The Morgan fingerprint density at radius 3 is 3.00 bits per heavy atom. The first-order valence-corrected chi connectivity index (χ1v) is 4.67. The molecule has 1 rings (SSSR count). The summed E-state index contributed by atoms with van der Waals surface area (Å²) in [6, 6.07) is 5.06. The van der Waals surface area contributed by atoms with Crippen LogP contribution in [0.4, 0.5) is 0 Å². The van der Waals surface area contributed by atoms with Crippen LogP contribution in [0.3, 0.4) is 0 Å². The van der Waals surface area contributed by atoms with E-state index in [0.29, 0.717) is 5.56 Å². The summed E-state index contributed by atoms with van der Waals surface area (Å²) in [5, 5.41) is 12.3. The molecule has 0 saturated carbocycles. The van der Waals surface area contributed by atoms with Gasteiger partial charge in [0.25, 0.3) is 0 Å². The van der Waals surface area contributed by atoms with Crippen molar-refractivity contribution in [2.45, 2.75) is 6.92 Å². The summed E-state index contributed by atoms with van der Waals surface area (Å²) in [5.41, 5.74) is 9.88. The zero-order chi connectivity index (χ0) is 12.0. The van der Waals surface area contributed by atoms with Crippen molar-refractivity contribution in [3.8, 4) is 0 Å². The first kappa shape index (κ1) is 11.8. The Hall–Kier alpha value is -2.26. The second-order valence-electron chi connectivity index (χ2n) is 3.14. The third-order valence-corrected chi connectivity index (χ3v) is 2.15. The molecule has 5 heteroatoms. The van der Waals surface area contributed by atoms with Gasteiger partial charge in [-0.05, 0) is 29.6 Å². The molecule has 0 unspecified atom stereocenters. The molecule has 16 heavy (non-hydrogen) atoms. The average molecular weight is 217 g/mol. The Morgan fingerprint density at radius 1 is 1.62 bits per heavy atom. The van der Waals surface area contributed by atoms with E-state index >= 15 is 0 Å². The number of hydrogen-bond acceptors (Lipinski definition) is 2. The number of carboxylic acids is 1. The molecule has 0 saturated heterocycles. The van der Waals surface area contributed by atoms with Crippen LogP contribution in [0.15, 0.2) is 29.4 Å². The third-order valence-electron chi connectivity index (χ3n) is 2.15. The van der Waals surface area contributed by atoms with Gasteiger partial charge in [0.15, 0.2) is 0 Å². The summed E-state index contributed by atoms with van der Waals surface area (Å²) in [5.74, 6) is -0.942. The average Bonchev–Trinajstić information content (AvgIpc) is 2.26. The highest BCUT2D eigenvalue weighted by Gasteiger charge is 2.07. The molecule has 82 valence electrons. The molecule has 0 heterocycles. The smallest absolute Gasteiger partial charge is 0.335 e. The highest BCUT2D eigenvalue weighted by molar-refractivity contribution is 5.90. The minimum atomic E-state index is -0.942. The molecule has 0 radical (unpaired) electrons. The number of nitrogens with zero attached hydrogens (tertiary/aromatic N) is 3. The molecule has 1 aromatic carbocycles. The van der Waals surface area contributed by atoms with E-state index in [4.69, 9.17) is 10.6 Å². The molecule has 0 aliphatic carbocycles. The van der Waals surface area contributed by atoms with E-state index in [1.807, 2.05) is 6.07 Å². The van der Waals surface area contributed by atoms with Crippen molar-refractivity contribution in [3.05, 3.63) is 51.4 Å². The number of carbonyl (C=O) groups is 1. The van der Waals surface area contributed by atoms with Gasteiger partial charge in [-0.25, -0.2) is 4.79 Å². The van der Waals surface area contributed by atoms with Crippen molar-refractivity contribution in [2.75, 3.05) is 6.54 Å². The molecule has 0 aromatic heterocycles. The number of benzene rings is 1. The fourth-order valence-corrected chi connectivity index (χ4v) is 1.33. The van der Waals surface area contributed by atoms with Crippen LogP contribution in [0.2, 0.25) is 0 Å². The predicted molar refractivity (Wildman–Crippen MR) is 61.2 cm³/mol. The fraction of sp³-hybridized carbons (Fsp3) is 0.182. The molecule has 0 aliphatic rings. The van der Waals surface area contributed by atoms with Crippen molar-refractivity contribution in [2.24, 2.45) is 5.11 Å². The number of azide groups is 1. The maximum Gasteiger partial charge on any atom is 0.335 e. The van der Waals surface area contributed by atoms with Gasteiger partial charge in [0.05, 0.1) is 5.56 Å². The summed E-state index contributed by atoms with van der Waals surface area (Å²) in [4.78, 5) is 13.5. The van der Waals surface area contributed by atoms with Gasteiger partial charge in [-0.15, -0.1) is 0 Å². The molecule has 1 aromatic rings. The lowest BCUT2D eigenvalue weighted by atomic mass is 10.0. The van der Waals surface area contributed by atoms with Crippen LogP contribution in [0, 0.1) is 6.92 Å². The van der Waals surface area contributed by atoms with E-state index in [2.05, 4.69) is 10.0 Å². The zero-order valence-electron chi connectivity index (χ0n) is 8.79. The van der Waals surface area contributed by atoms with Gasteiger partial charge >= 0.3 is 5.97 Å². The van der Waals surface area contributed by atoms with Gasteiger partial charge in [0.2, 0.25) is 0 Å². The minimum Gasteiger partial charge on any atom is -0.478 e. The monoisotopic (exact) mass is 217 g/mol. The second kappa shape index (κ2) is 5.58. The minimum absolute atomic E-state index is 0.257. The maximum absolute atomic E-state index is 10.9. The lowest BCUT2D eigenvalue weighted by Crippen LogP contribution is -2.00. The van der Waals surface area contributed by atoms with Crippen LogP contribution < -0.4 is 0 Å². The largest absolute Gasteiger partial charge is 0.478 e. The first-order chi connectivity index (χ1) is 7.66. The molecule has 0 spiro atoms. The summed E-state index contributed by atoms with van der Waals surface area (Å²) >= 11 is 0. The molecule has 0 fully saturated rings. The molecule has 1 N–H and O–H groups in total. The Labute approximate surface area is 92.7 Å². The van der Waals surface area contributed by atoms with E-state index in [0.717, 1.165) is 5.56 Å². The molecular weight excluding hydrogens is 206 g/mol. The third kappa shape index (κ3) is 2.87. The molecular formula is C11H11N3O2. The Balaban J connectivity index is 2.97. The topological polar surface area (TPSA) is 86.1 Å². The van der Waals surface area contributed by atoms with E-state index < -0.39 is 5.97 Å². The van der Waals surface area contributed by atoms with Gasteiger partial charge < -0.3 is 5.11 Å². The lowest BCUT2D eigenvalue weighted by Gasteiger charge is -2.03. The van der Waals surface area contributed by atoms with Crippen LogP contribution in [-0.2, 0) is 0 Å². The van der Waals surface area contributed by atoms with E-state index in [1.165, 1.54) is 0 Å². The normalized spacial score (nSPS) is 10.1. The Bertz CT molecular complexity index is 474. The first-order valence-electron chi connectivity index (χ1n) is 4.67. The maximum atomic E-state index is 10.9. The SMILES string of the molecule is Cc1c(C=CCN=[N+]=[N-])cccc1C(=O)O. The molecule has 0 aliphatic heterocycles. The highest BCUT2D eigenvalue weighted by atomic mass is 16.4. The van der Waals surface area contributed by atoms with E-state index in [-0.39, 0.29) is 12.1 Å². The molecule has 0 bridgehead atoms. The number of rotatable bonds is 4. The van der Waals surface area contributed by atoms with Gasteiger partial charge in [-0.1, -0.05) is 29.4 Å². The van der Waals surface area contributed by atoms with E-state index in [9.17, 15) is 4.79 Å². The second-order valence-corrected chi connectivity index (χ2v) is 3.14. The van der Waals surface area contributed by atoms with Crippen LogP contribution >= 0.6 is 0 Å². The van der Waals surface area contributed by atoms with Crippen LogP contribution in [0.25, 0.3) is 16.5 Å². The number of aromatic carboxylic acids is 1. The van der Waals surface area contributed by atoms with Crippen LogP contribution in [-0.4, -0.2) is 17.6 Å². The standard InChI is InChI=1S/C11H11N3O2/c1-8-9(5-3-7-13-14-12)4-2-6-10(8)11(15)16/h2-6H,7H2,1H3,(H,15,16). The fourth-order valence-electron chi connectivity index (χ4n) is 1.33. The zero-order valence-corrected chi connectivity index (χ0v) is 8.79. The van der Waals surface area contributed by atoms with Crippen molar-refractivity contribution in [3.63, 3.8) is 0 Å². The molecule has 0 amide bonds. The van der Waals surface area contributed by atoms with Crippen molar-refractivity contribution < 1.29 is 9.90 Å². The predicted octanol–water partition coefficient (Wildman–Crippen LogP) is 3.02. The quantitative estimate of drug-likeness (QED) is 0.477. The Kier molecular flexibility index (Phi) is 4.12. The summed E-state index contributed by atoms with van der Waals surface area (Å²) in [6.45, 7) is 2.00. The summed E-state index contributed by atoms with van der Waals surface area (Å²) < 4.78 is 0. The lowest BCUT2D eigenvalue weighted by molar-refractivity contribution is 0.0696. The number of hydrogen-bond donors (Lipinski definition) is 1. The summed E-state index contributed by atoms with van der Waals surface area (Å²) in [7, 11) is 0. The van der Waals surface area contributed by atoms with Crippen LogP contribution in [0.1, 0.15) is 21.5 Å². The van der Waals surface area contributed by atoms with Gasteiger partial charge in [-0.3, -0.25) is 0 Å². The van der Waals surface area contributed by atoms with Crippen molar-refractivity contribution in [1.82, 2.24) is 0 Å². The summed E-state index contributed by atoms with van der Waals surface area (Å²) in [6.07, 6.45) is 3.43. The van der Waals surface area contributed by atoms with Crippen molar-refractivity contribution >= 4 is 12.0 Å². The van der Waals surface area contributed by atoms with Gasteiger partial charge in [-0.2, -0.15) is 0 Å². The molecule has 0 atom stereocenters. The van der Waals surface area contributed by atoms with E-state index in [1.54, 1.807) is 31.2 Å².